The molecule has 1 saturated heterocycles. The quantitative estimate of drug-likeness (QED) is 0.674. The molecule has 2 amide bonds. The predicted molar refractivity (Wildman–Crippen MR) is 95.5 cm³/mol. The molecule has 0 radical (unpaired) electrons. The molecule has 0 aliphatic carbocycles. The van der Waals surface area contributed by atoms with E-state index in [4.69, 9.17) is 9.84 Å². The third kappa shape index (κ3) is 7.13. The summed E-state index contributed by atoms with van der Waals surface area (Å²) < 4.78 is 5.86. The molecule has 1 fully saturated rings. The summed E-state index contributed by atoms with van der Waals surface area (Å²) in [5.74, 6) is -0.859. The maximum absolute atomic E-state index is 12.2. The predicted octanol–water partition coefficient (Wildman–Crippen LogP) is 2.72. The number of hydrogen-bond donors (Lipinski definition) is 3. The smallest absolute Gasteiger partial charge is 0.315 e. The molecule has 1 aliphatic heterocycles. The fourth-order valence-corrected chi connectivity index (χ4v) is 3.09. The highest BCUT2D eigenvalue weighted by atomic mass is 16.5. The Morgan fingerprint density at radius 3 is 2.64 bits per heavy atom. The lowest BCUT2D eigenvalue weighted by molar-refractivity contribution is -0.137. The molecule has 0 aromatic heterocycles. The van der Waals surface area contributed by atoms with Gasteiger partial charge in [0.1, 0.15) is 0 Å². The average molecular weight is 348 g/mol. The van der Waals surface area contributed by atoms with E-state index < -0.39 is 5.97 Å². The lowest BCUT2D eigenvalue weighted by atomic mass is 10.0. The summed E-state index contributed by atoms with van der Waals surface area (Å²) in [6.07, 6.45) is 2.97. The van der Waals surface area contributed by atoms with Crippen LogP contribution < -0.4 is 10.6 Å². The lowest BCUT2D eigenvalue weighted by Crippen LogP contribution is -2.45. The zero-order chi connectivity index (χ0) is 18.3. The van der Waals surface area contributed by atoms with E-state index in [9.17, 15) is 9.59 Å². The number of carbonyl (C=O) groups excluding carboxylic acids is 1. The first-order chi connectivity index (χ1) is 11.8. The maximum Gasteiger partial charge on any atom is 0.315 e. The van der Waals surface area contributed by atoms with Crippen molar-refractivity contribution in [1.29, 1.82) is 0 Å². The summed E-state index contributed by atoms with van der Waals surface area (Å²) in [5.41, 5.74) is 0.944. The first-order valence-electron chi connectivity index (χ1n) is 8.82. The van der Waals surface area contributed by atoms with Crippen molar-refractivity contribution in [2.24, 2.45) is 0 Å². The van der Waals surface area contributed by atoms with Crippen LogP contribution in [0.5, 0.6) is 0 Å². The van der Waals surface area contributed by atoms with Crippen LogP contribution in [0, 0.1) is 0 Å². The molecule has 0 spiro atoms. The molecule has 0 saturated carbocycles. The highest BCUT2D eigenvalue weighted by molar-refractivity contribution is 5.74. The summed E-state index contributed by atoms with van der Waals surface area (Å²) in [4.78, 5) is 23.0. The van der Waals surface area contributed by atoms with Crippen LogP contribution >= 0.6 is 0 Å². The Balaban J connectivity index is 1.82. The van der Waals surface area contributed by atoms with Gasteiger partial charge in [-0.25, -0.2) is 4.79 Å². The van der Waals surface area contributed by atoms with Gasteiger partial charge in [-0.15, -0.1) is 0 Å². The molecule has 1 heterocycles. The summed E-state index contributed by atoms with van der Waals surface area (Å²) in [6.45, 7) is 4.57. The van der Waals surface area contributed by atoms with Gasteiger partial charge >= 0.3 is 12.0 Å². The third-order valence-corrected chi connectivity index (χ3v) is 4.41. The number of carboxylic acids is 1. The number of ether oxygens (including phenoxy) is 1. The van der Waals surface area contributed by atoms with Crippen molar-refractivity contribution in [3.05, 3.63) is 35.9 Å². The second kappa shape index (κ2) is 8.85. The van der Waals surface area contributed by atoms with Crippen LogP contribution in [-0.2, 0) is 16.0 Å². The van der Waals surface area contributed by atoms with Gasteiger partial charge in [0.2, 0.25) is 0 Å². The van der Waals surface area contributed by atoms with E-state index in [0.29, 0.717) is 19.4 Å². The Labute approximate surface area is 149 Å². The van der Waals surface area contributed by atoms with Crippen LogP contribution in [0.4, 0.5) is 4.79 Å². The van der Waals surface area contributed by atoms with E-state index in [1.54, 1.807) is 0 Å². The molecule has 2 atom stereocenters. The Hall–Kier alpha value is -2.08. The Bertz CT molecular complexity index is 574. The Morgan fingerprint density at radius 2 is 2.04 bits per heavy atom. The first kappa shape index (κ1) is 19.2. The van der Waals surface area contributed by atoms with Crippen molar-refractivity contribution in [2.45, 2.75) is 63.7 Å². The minimum atomic E-state index is -0.859. The number of aliphatic carboxylic acids is 1. The number of nitrogens with one attached hydrogen (secondary N) is 2. The van der Waals surface area contributed by atoms with Gasteiger partial charge in [-0.1, -0.05) is 30.3 Å². The Morgan fingerprint density at radius 1 is 1.32 bits per heavy atom. The van der Waals surface area contributed by atoms with Crippen molar-refractivity contribution in [2.75, 3.05) is 6.54 Å². The number of carbonyl (C=O) groups is 2. The molecule has 1 aromatic carbocycles. The van der Waals surface area contributed by atoms with Crippen LogP contribution in [-0.4, -0.2) is 41.4 Å². The molecule has 138 valence electrons. The molecule has 1 aliphatic rings. The Kier molecular flexibility index (Phi) is 6.82. The van der Waals surface area contributed by atoms with Gasteiger partial charge in [0, 0.05) is 19.0 Å². The van der Waals surface area contributed by atoms with Crippen LogP contribution in [0.25, 0.3) is 0 Å². The highest BCUT2D eigenvalue weighted by Crippen LogP contribution is 2.28. The van der Waals surface area contributed by atoms with Crippen LogP contribution in [0.15, 0.2) is 30.3 Å². The SMILES string of the molecule is CC1(C)CCC(CNC(=O)NC(CCC(=O)O)Cc2ccccc2)O1. The fourth-order valence-electron chi connectivity index (χ4n) is 3.09. The summed E-state index contributed by atoms with van der Waals surface area (Å²) in [5, 5.41) is 14.7. The molecule has 6 heteroatoms. The number of carboxylic acid groups (broad SMARTS) is 1. The molecule has 0 bridgehead atoms. The van der Waals surface area contributed by atoms with Gasteiger partial charge in [-0.2, -0.15) is 0 Å². The van der Waals surface area contributed by atoms with E-state index in [0.717, 1.165) is 18.4 Å². The summed E-state index contributed by atoms with van der Waals surface area (Å²) >= 11 is 0. The molecular weight excluding hydrogens is 320 g/mol. The topological polar surface area (TPSA) is 87.7 Å². The van der Waals surface area contributed by atoms with Gasteiger partial charge in [-0.05, 0) is 45.1 Å². The number of hydrogen-bond acceptors (Lipinski definition) is 3. The minimum Gasteiger partial charge on any atom is -0.481 e. The van der Waals surface area contributed by atoms with Crippen molar-refractivity contribution in [1.82, 2.24) is 10.6 Å². The molecular formula is C19H28N2O4. The molecule has 3 N–H and O–H groups in total. The number of rotatable bonds is 8. The van der Waals surface area contributed by atoms with Crippen LogP contribution in [0.1, 0.15) is 45.1 Å². The van der Waals surface area contributed by atoms with E-state index >= 15 is 0 Å². The average Bonchev–Trinajstić information content (AvgIpc) is 2.91. The van der Waals surface area contributed by atoms with Crippen LogP contribution in [0.2, 0.25) is 0 Å². The second-order valence-corrected chi connectivity index (χ2v) is 7.21. The zero-order valence-corrected chi connectivity index (χ0v) is 15.0. The highest BCUT2D eigenvalue weighted by Gasteiger charge is 2.31. The van der Waals surface area contributed by atoms with E-state index in [2.05, 4.69) is 24.5 Å². The normalized spacial score (nSPS) is 20.0. The summed E-state index contributed by atoms with van der Waals surface area (Å²) in [7, 11) is 0. The third-order valence-electron chi connectivity index (χ3n) is 4.41. The second-order valence-electron chi connectivity index (χ2n) is 7.21. The maximum atomic E-state index is 12.2. The van der Waals surface area contributed by atoms with Gasteiger partial charge in [0.15, 0.2) is 0 Å². The largest absolute Gasteiger partial charge is 0.481 e. The van der Waals surface area contributed by atoms with Crippen molar-refractivity contribution in [3.63, 3.8) is 0 Å². The number of amides is 2. The van der Waals surface area contributed by atoms with Gasteiger partial charge in [0.25, 0.3) is 0 Å². The van der Waals surface area contributed by atoms with Crippen molar-refractivity contribution < 1.29 is 19.4 Å². The molecule has 2 unspecified atom stereocenters. The standard InChI is InChI=1S/C19H28N2O4/c1-19(2)11-10-16(25-19)13-20-18(24)21-15(8-9-17(22)23)12-14-6-4-3-5-7-14/h3-7,15-16H,8-13H2,1-2H3,(H,22,23)(H2,20,21,24). The number of urea groups is 1. The van der Waals surface area contributed by atoms with Crippen LogP contribution in [0.3, 0.4) is 0 Å². The lowest BCUT2D eigenvalue weighted by Gasteiger charge is -2.21. The zero-order valence-electron chi connectivity index (χ0n) is 15.0. The van der Waals surface area contributed by atoms with E-state index in [-0.39, 0.29) is 30.2 Å². The molecule has 1 aromatic rings. The molecule has 2 rings (SSSR count). The molecule has 6 nitrogen and oxygen atoms in total. The van der Waals surface area contributed by atoms with Crippen molar-refractivity contribution >= 4 is 12.0 Å². The fraction of sp³-hybridized carbons (Fsp3) is 0.579. The van der Waals surface area contributed by atoms with E-state index in [1.165, 1.54) is 0 Å². The summed E-state index contributed by atoms with van der Waals surface area (Å²) in [6, 6.07) is 9.24. The van der Waals surface area contributed by atoms with Gasteiger partial charge in [-0.3, -0.25) is 4.79 Å². The van der Waals surface area contributed by atoms with Gasteiger partial charge in [0.05, 0.1) is 11.7 Å². The van der Waals surface area contributed by atoms with Gasteiger partial charge < -0.3 is 20.5 Å². The number of benzene rings is 1. The first-order valence-corrected chi connectivity index (χ1v) is 8.82. The van der Waals surface area contributed by atoms with Crippen molar-refractivity contribution in [3.8, 4) is 0 Å². The minimum absolute atomic E-state index is 0.0255. The monoisotopic (exact) mass is 348 g/mol. The van der Waals surface area contributed by atoms with E-state index in [1.807, 2.05) is 30.3 Å². The molecule has 25 heavy (non-hydrogen) atoms.